The molecule has 0 saturated heterocycles. The van der Waals surface area contributed by atoms with Crippen molar-refractivity contribution in [1.82, 2.24) is 5.32 Å². The van der Waals surface area contributed by atoms with Gasteiger partial charge in [-0.2, -0.15) is 0 Å². The molecule has 0 bridgehead atoms. The molecular weight excluding hydrogens is 238 g/mol. The first-order valence-electron chi connectivity index (χ1n) is 5.74. The summed E-state index contributed by atoms with van der Waals surface area (Å²) < 4.78 is 26.8. The predicted octanol–water partition coefficient (Wildman–Crippen LogP) is 1.75. The maximum atomic E-state index is 13.4. The van der Waals surface area contributed by atoms with Gasteiger partial charge >= 0.3 is 0 Å². The van der Waals surface area contributed by atoms with Crippen LogP contribution in [0.15, 0.2) is 18.2 Å². The number of nitrogens with two attached hydrogens (primary N) is 1. The van der Waals surface area contributed by atoms with Crippen molar-refractivity contribution in [2.24, 2.45) is 5.73 Å². The van der Waals surface area contributed by atoms with Gasteiger partial charge in [0.15, 0.2) is 0 Å². The molecule has 0 fully saturated rings. The van der Waals surface area contributed by atoms with Crippen LogP contribution in [0.25, 0.3) is 0 Å². The topological polar surface area (TPSA) is 55.1 Å². The number of rotatable bonds is 4. The van der Waals surface area contributed by atoms with Crippen LogP contribution in [0.5, 0.6) is 0 Å². The molecule has 1 aromatic carbocycles. The molecule has 0 aliphatic rings. The van der Waals surface area contributed by atoms with Gasteiger partial charge in [0.05, 0.1) is 5.54 Å². The Labute approximate surface area is 105 Å². The van der Waals surface area contributed by atoms with Crippen LogP contribution >= 0.6 is 0 Å². The van der Waals surface area contributed by atoms with Crippen LogP contribution < -0.4 is 11.1 Å². The molecule has 1 aromatic rings. The first-order chi connectivity index (χ1) is 8.21. The van der Waals surface area contributed by atoms with Crippen molar-refractivity contribution in [3.8, 4) is 0 Å². The molecule has 1 atom stereocenters. The second kappa shape index (κ2) is 5.44. The minimum absolute atomic E-state index is 0.0277. The molecule has 1 rings (SSSR count). The highest BCUT2D eigenvalue weighted by molar-refractivity contribution is 5.85. The van der Waals surface area contributed by atoms with Gasteiger partial charge in [-0.3, -0.25) is 4.79 Å². The Morgan fingerprint density at radius 3 is 2.33 bits per heavy atom. The second-order valence-corrected chi connectivity index (χ2v) is 5.00. The summed E-state index contributed by atoms with van der Waals surface area (Å²) in [5.74, 6) is -1.57. The fourth-order valence-corrected chi connectivity index (χ4v) is 1.49. The Balaban J connectivity index is 2.71. The molecule has 18 heavy (non-hydrogen) atoms. The number of nitrogens with one attached hydrogen (secondary N) is 1. The Hall–Kier alpha value is -1.49. The number of hydrogen-bond donors (Lipinski definition) is 2. The van der Waals surface area contributed by atoms with E-state index < -0.39 is 23.2 Å². The molecule has 0 radical (unpaired) electrons. The standard InChI is InChI=1S/C13H18F2N2O/c1-8(17-12(18)13(2,3)16)7-9-10(14)5-4-6-11(9)15/h4-6,8H,7,16H2,1-3H3,(H,17,18). The van der Waals surface area contributed by atoms with Gasteiger partial charge in [0.2, 0.25) is 5.91 Å². The van der Waals surface area contributed by atoms with Crippen LogP contribution in [-0.4, -0.2) is 17.5 Å². The van der Waals surface area contributed by atoms with Gasteiger partial charge < -0.3 is 11.1 Å². The molecule has 0 heterocycles. The Morgan fingerprint density at radius 1 is 1.39 bits per heavy atom. The quantitative estimate of drug-likeness (QED) is 0.862. The lowest BCUT2D eigenvalue weighted by Crippen LogP contribution is -2.52. The van der Waals surface area contributed by atoms with Crippen molar-refractivity contribution < 1.29 is 13.6 Å². The van der Waals surface area contributed by atoms with Crippen molar-refractivity contribution in [1.29, 1.82) is 0 Å². The van der Waals surface area contributed by atoms with Crippen molar-refractivity contribution in [3.63, 3.8) is 0 Å². The number of hydrogen-bond acceptors (Lipinski definition) is 2. The van der Waals surface area contributed by atoms with Crippen molar-refractivity contribution in [2.75, 3.05) is 0 Å². The number of amides is 1. The second-order valence-electron chi connectivity index (χ2n) is 5.00. The van der Waals surface area contributed by atoms with Gasteiger partial charge in [-0.15, -0.1) is 0 Å². The van der Waals surface area contributed by atoms with Crippen molar-refractivity contribution >= 4 is 5.91 Å². The molecule has 1 unspecified atom stereocenters. The zero-order chi connectivity index (χ0) is 13.9. The summed E-state index contributed by atoms with van der Waals surface area (Å²) >= 11 is 0. The molecule has 100 valence electrons. The van der Waals surface area contributed by atoms with E-state index in [0.717, 1.165) is 0 Å². The lowest BCUT2D eigenvalue weighted by molar-refractivity contribution is -0.125. The molecule has 5 heteroatoms. The van der Waals surface area contributed by atoms with Crippen LogP contribution in [0.3, 0.4) is 0 Å². The fraction of sp³-hybridized carbons (Fsp3) is 0.462. The van der Waals surface area contributed by atoms with Gasteiger partial charge in [-0.25, -0.2) is 8.78 Å². The Kier molecular flexibility index (Phi) is 4.40. The lowest BCUT2D eigenvalue weighted by Gasteiger charge is -2.22. The number of halogens is 2. The maximum Gasteiger partial charge on any atom is 0.239 e. The molecule has 1 amide bonds. The van der Waals surface area contributed by atoms with E-state index in [1.807, 2.05) is 0 Å². The SMILES string of the molecule is CC(Cc1c(F)cccc1F)NC(=O)C(C)(C)N. The first kappa shape index (κ1) is 14.6. The zero-order valence-corrected chi connectivity index (χ0v) is 10.8. The molecule has 3 nitrogen and oxygen atoms in total. The summed E-state index contributed by atoms with van der Waals surface area (Å²) in [6.07, 6.45) is 0.0837. The van der Waals surface area contributed by atoms with Crippen LogP contribution in [0.1, 0.15) is 26.3 Å². The average Bonchev–Trinajstić information content (AvgIpc) is 2.22. The first-order valence-corrected chi connectivity index (χ1v) is 5.74. The molecule has 0 aliphatic heterocycles. The molecular formula is C13H18F2N2O. The Morgan fingerprint density at radius 2 is 1.89 bits per heavy atom. The van der Waals surface area contributed by atoms with E-state index in [4.69, 9.17) is 5.73 Å². The third-order valence-electron chi connectivity index (χ3n) is 2.53. The molecule has 0 saturated carbocycles. The van der Waals surface area contributed by atoms with Crippen LogP contribution in [0.4, 0.5) is 8.78 Å². The minimum atomic E-state index is -1.01. The van der Waals surface area contributed by atoms with Crippen molar-refractivity contribution in [3.05, 3.63) is 35.4 Å². The van der Waals surface area contributed by atoms with Crippen LogP contribution in [0, 0.1) is 11.6 Å². The molecule has 0 aliphatic carbocycles. The zero-order valence-electron chi connectivity index (χ0n) is 10.8. The van der Waals surface area contributed by atoms with Gasteiger partial charge in [-0.05, 0) is 39.3 Å². The lowest BCUT2D eigenvalue weighted by atomic mass is 10.0. The highest BCUT2D eigenvalue weighted by Crippen LogP contribution is 2.14. The van der Waals surface area contributed by atoms with E-state index >= 15 is 0 Å². The molecule has 0 spiro atoms. The third-order valence-corrected chi connectivity index (χ3v) is 2.53. The largest absolute Gasteiger partial charge is 0.352 e. The van der Waals surface area contributed by atoms with Crippen LogP contribution in [0.2, 0.25) is 0 Å². The third kappa shape index (κ3) is 3.77. The van der Waals surface area contributed by atoms with Gasteiger partial charge in [0.25, 0.3) is 0 Å². The van der Waals surface area contributed by atoms with E-state index in [9.17, 15) is 13.6 Å². The fourth-order valence-electron chi connectivity index (χ4n) is 1.49. The Bertz CT molecular complexity index is 421. The smallest absolute Gasteiger partial charge is 0.239 e. The van der Waals surface area contributed by atoms with Crippen LogP contribution in [-0.2, 0) is 11.2 Å². The monoisotopic (exact) mass is 256 g/mol. The number of carbonyl (C=O) groups excluding carboxylic acids is 1. The van der Waals surface area contributed by atoms with Gasteiger partial charge in [-0.1, -0.05) is 6.07 Å². The summed E-state index contributed by atoms with van der Waals surface area (Å²) in [6.45, 7) is 4.81. The summed E-state index contributed by atoms with van der Waals surface area (Å²) in [7, 11) is 0. The summed E-state index contributed by atoms with van der Waals surface area (Å²) in [4.78, 5) is 11.6. The summed E-state index contributed by atoms with van der Waals surface area (Å²) in [6, 6.07) is 3.30. The van der Waals surface area contributed by atoms with Gasteiger partial charge in [0, 0.05) is 11.6 Å². The normalized spacial score (nSPS) is 13.2. The van der Waals surface area contributed by atoms with E-state index in [2.05, 4.69) is 5.32 Å². The molecule has 0 aromatic heterocycles. The highest BCUT2D eigenvalue weighted by atomic mass is 19.1. The minimum Gasteiger partial charge on any atom is -0.352 e. The van der Waals surface area contributed by atoms with E-state index in [1.165, 1.54) is 18.2 Å². The summed E-state index contributed by atoms with van der Waals surface area (Å²) in [5.41, 5.74) is 4.58. The highest BCUT2D eigenvalue weighted by Gasteiger charge is 2.23. The van der Waals surface area contributed by atoms with E-state index in [0.29, 0.717) is 0 Å². The average molecular weight is 256 g/mol. The maximum absolute atomic E-state index is 13.4. The van der Waals surface area contributed by atoms with Crippen molar-refractivity contribution in [2.45, 2.75) is 38.8 Å². The van der Waals surface area contributed by atoms with E-state index in [1.54, 1.807) is 20.8 Å². The predicted molar refractivity (Wildman–Crippen MR) is 65.9 cm³/mol. The molecule has 3 N–H and O–H groups in total. The summed E-state index contributed by atoms with van der Waals surface area (Å²) in [5, 5.41) is 2.63. The number of benzene rings is 1. The number of carbonyl (C=O) groups is 1. The van der Waals surface area contributed by atoms with Gasteiger partial charge in [0.1, 0.15) is 11.6 Å². The van der Waals surface area contributed by atoms with E-state index in [-0.39, 0.29) is 17.9 Å².